The molecule has 4 aliphatic rings. The monoisotopic (exact) mass is 719 g/mol. The maximum absolute atomic E-state index is 13.3. The van der Waals surface area contributed by atoms with E-state index in [4.69, 9.17) is 31.1 Å². The number of likely N-dealkylation sites (tertiary alicyclic amines) is 1. The number of ether oxygens (including phenoxy) is 3. The number of guanidine groups is 1. The first kappa shape index (κ1) is 36.9. The summed E-state index contributed by atoms with van der Waals surface area (Å²) in [5.41, 5.74) is 14.0. The molecule has 2 fully saturated rings. The second-order valence-electron chi connectivity index (χ2n) is 14.7. The molecular weight excluding hydrogens is 668 g/mol. The standard InChI is InChI=1S/C37H50N8O7/c1-44(17-16-41-34(48)26(43-30(47)20-38)5-4-15-42-35(39)40)36(49)51-24-9-6-22(7-10-24)21-45(2)18-14-37-25-11-12-28(46)33(37)52-32-29(50-3)13-8-23(31(32)37)19-27(25)45/h6-10,13,25-27,33H,4-5,11-12,14-21,38H2,1-3H3,(H5-,39,40,41,42,43,47,48)/p+1/t25-,26-,27?,33-,37-,45+/m0/s1. The Morgan fingerprint density at radius 3 is 2.63 bits per heavy atom. The van der Waals surface area contributed by atoms with Gasteiger partial charge in [-0.1, -0.05) is 6.07 Å². The predicted octanol–water partition coefficient (Wildman–Crippen LogP) is 0.902. The first-order chi connectivity index (χ1) is 24.9. The Hall–Kier alpha value is -4.89. The van der Waals surface area contributed by atoms with Gasteiger partial charge in [0.25, 0.3) is 0 Å². The summed E-state index contributed by atoms with van der Waals surface area (Å²) in [6.45, 7) is 2.17. The van der Waals surface area contributed by atoms with E-state index in [1.807, 2.05) is 18.2 Å². The Balaban J connectivity index is 1.03. The number of quaternary nitrogens is 1. The van der Waals surface area contributed by atoms with Crippen molar-refractivity contribution in [1.82, 2.24) is 20.9 Å². The lowest BCUT2D eigenvalue weighted by Crippen LogP contribution is -2.71. The van der Waals surface area contributed by atoms with E-state index < -0.39 is 30.1 Å². The molecule has 2 heterocycles. The van der Waals surface area contributed by atoms with Crippen LogP contribution >= 0.6 is 0 Å². The third-order valence-corrected chi connectivity index (χ3v) is 11.5. The van der Waals surface area contributed by atoms with Crippen molar-refractivity contribution in [3.63, 3.8) is 0 Å². The quantitative estimate of drug-likeness (QED) is 0.0703. The van der Waals surface area contributed by atoms with Crippen molar-refractivity contribution in [2.45, 2.75) is 68.7 Å². The fourth-order valence-electron chi connectivity index (χ4n) is 9.01. The number of carbonyl (C=O) groups excluding carboxylic acids is 4. The van der Waals surface area contributed by atoms with Crippen molar-refractivity contribution in [3.8, 4) is 17.2 Å². The molecule has 6 atom stereocenters. The number of nitrogens with two attached hydrogens (primary N) is 2. The molecule has 1 saturated heterocycles. The average Bonchev–Trinajstić information content (AvgIpc) is 3.48. The number of ketones is 1. The summed E-state index contributed by atoms with van der Waals surface area (Å²) in [5, 5.41) is 15.2. The van der Waals surface area contributed by atoms with Crippen molar-refractivity contribution in [1.29, 1.82) is 5.41 Å². The van der Waals surface area contributed by atoms with E-state index in [2.05, 4.69) is 29.1 Å². The number of hydrogen-bond acceptors (Lipinski definition) is 9. The number of methoxy groups -OCH3 is 1. The van der Waals surface area contributed by atoms with Gasteiger partial charge < -0.3 is 51.0 Å². The Labute approximate surface area is 303 Å². The van der Waals surface area contributed by atoms with Crippen molar-refractivity contribution < 1.29 is 37.9 Å². The van der Waals surface area contributed by atoms with Crippen LogP contribution in [0.25, 0.3) is 0 Å². The summed E-state index contributed by atoms with van der Waals surface area (Å²) < 4.78 is 18.6. The van der Waals surface area contributed by atoms with Gasteiger partial charge in [-0.3, -0.25) is 19.8 Å². The van der Waals surface area contributed by atoms with Gasteiger partial charge in [0, 0.05) is 63.0 Å². The average molecular weight is 720 g/mol. The molecular formula is C37H51N8O7+. The molecule has 1 saturated carbocycles. The minimum Gasteiger partial charge on any atom is -0.493 e. The van der Waals surface area contributed by atoms with Gasteiger partial charge in [-0.05, 0) is 55.2 Å². The fourth-order valence-corrected chi connectivity index (χ4v) is 9.01. The van der Waals surface area contributed by atoms with E-state index in [0.29, 0.717) is 49.3 Å². The summed E-state index contributed by atoms with van der Waals surface area (Å²) in [6.07, 6.45) is 2.98. The van der Waals surface area contributed by atoms with E-state index in [-0.39, 0.29) is 36.8 Å². The van der Waals surface area contributed by atoms with E-state index in [0.717, 1.165) is 48.1 Å². The summed E-state index contributed by atoms with van der Waals surface area (Å²) >= 11 is 0. The van der Waals surface area contributed by atoms with Gasteiger partial charge in [0.2, 0.25) is 11.8 Å². The smallest absolute Gasteiger partial charge is 0.415 e. The summed E-state index contributed by atoms with van der Waals surface area (Å²) in [7, 11) is 5.56. The van der Waals surface area contributed by atoms with Crippen LogP contribution in [0.15, 0.2) is 36.4 Å². The normalized spacial score (nSPS) is 25.5. The molecule has 2 aliphatic carbocycles. The molecule has 2 aromatic carbocycles. The zero-order valence-corrected chi connectivity index (χ0v) is 30.2. The number of benzene rings is 2. The number of rotatable bonds is 14. The molecule has 3 amide bonds. The van der Waals surface area contributed by atoms with Crippen LogP contribution in [0.5, 0.6) is 17.2 Å². The van der Waals surface area contributed by atoms with E-state index in [9.17, 15) is 19.2 Å². The molecule has 0 radical (unpaired) electrons. The third kappa shape index (κ3) is 6.98. The lowest BCUT2D eigenvalue weighted by atomic mass is 9.51. The van der Waals surface area contributed by atoms with E-state index in [1.165, 1.54) is 16.0 Å². The van der Waals surface area contributed by atoms with Gasteiger partial charge in [-0.15, -0.1) is 0 Å². The first-order valence-corrected chi connectivity index (χ1v) is 18.0. The zero-order valence-electron chi connectivity index (χ0n) is 30.2. The highest BCUT2D eigenvalue weighted by molar-refractivity contribution is 5.89. The van der Waals surface area contributed by atoms with Gasteiger partial charge in [-0.25, -0.2) is 4.79 Å². The lowest BCUT2D eigenvalue weighted by Gasteiger charge is -2.60. The summed E-state index contributed by atoms with van der Waals surface area (Å²) in [5.74, 6) is 1.39. The van der Waals surface area contributed by atoms with E-state index >= 15 is 0 Å². The molecule has 52 heavy (non-hydrogen) atoms. The zero-order chi connectivity index (χ0) is 37.2. The molecule has 8 N–H and O–H groups in total. The van der Waals surface area contributed by atoms with Crippen LogP contribution < -0.4 is 41.6 Å². The maximum Gasteiger partial charge on any atom is 0.415 e. The minimum atomic E-state index is -0.817. The molecule has 1 spiro atoms. The largest absolute Gasteiger partial charge is 0.493 e. The molecule has 280 valence electrons. The van der Waals surface area contributed by atoms with E-state index in [1.54, 1.807) is 26.3 Å². The number of piperidine rings is 1. The Morgan fingerprint density at radius 2 is 1.92 bits per heavy atom. The topological polar surface area (TPSA) is 211 Å². The number of Topliss-reactive ketones (excluding diaryl/α,β-unsaturated/α-hetero) is 1. The number of nitrogens with one attached hydrogen (secondary N) is 4. The molecule has 0 aromatic heterocycles. The number of carbonyl (C=O) groups is 4. The van der Waals surface area contributed by atoms with Gasteiger partial charge in [0.05, 0.1) is 38.7 Å². The number of likely N-dealkylation sites (N-methyl/N-ethyl adjacent to an activating group) is 2. The molecule has 15 heteroatoms. The van der Waals surface area contributed by atoms with Crippen LogP contribution in [0.2, 0.25) is 0 Å². The highest BCUT2D eigenvalue weighted by atomic mass is 16.6. The van der Waals surface area contributed by atoms with Gasteiger partial charge in [-0.2, -0.15) is 0 Å². The third-order valence-electron chi connectivity index (χ3n) is 11.5. The SMILES string of the molecule is COc1ccc2c3c1O[C@H]1C(=O)CC[C@H]4C(C2)[N@@+](C)(Cc2ccc(OC(=O)N(C)CCNC(=O)[C@H](CCCNC(=N)N)NC(=O)CN)cc2)CC[C@]314. The maximum atomic E-state index is 13.3. The Bertz CT molecular complexity index is 1720. The predicted molar refractivity (Wildman–Crippen MR) is 192 cm³/mol. The van der Waals surface area contributed by atoms with Crippen molar-refractivity contribution >= 4 is 29.7 Å². The first-order valence-electron chi connectivity index (χ1n) is 18.0. The van der Waals surface area contributed by atoms with Crippen molar-refractivity contribution in [2.75, 3.05) is 53.9 Å². The highest BCUT2D eigenvalue weighted by Gasteiger charge is 2.69. The van der Waals surface area contributed by atoms with Crippen LogP contribution in [0.4, 0.5) is 4.79 Å². The van der Waals surface area contributed by atoms with Gasteiger partial charge >= 0.3 is 6.09 Å². The van der Waals surface area contributed by atoms with Crippen LogP contribution in [0.3, 0.4) is 0 Å². The second-order valence-corrected chi connectivity index (χ2v) is 14.7. The van der Waals surface area contributed by atoms with Crippen molar-refractivity contribution in [2.24, 2.45) is 17.4 Å². The lowest BCUT2D eigenvalue weighted by molar-refractivity contribution is -0.957. The Morgan fingerprint density at radius 1 is 1.15 bits per heavy atom. The van der Waals surface area contributed by atoms with Crippen LogP contribution in [0.1, 0.15) is 48.8 Å². The molecule has 2 aromatic rings. The number of nitrogens with zero attached hydrogens (tertiary/aromatic N) is 2. The fraction of sp³-hybridized carbons (Fsp3) is 0.541. The van der Waals surface area contributed by atoms with Gasteiger partial charge in [0.15, 0.2) is 29.3 Å². The summed E-state index contributed by atoms with van der Waals surface area (Å²) in [6, 6.07) is 11.3. The summed E-state index contributed by atoms with van der Waals surface area (Å²) in [4.78, 5) is 52.1. The minimum absolute atomic E-state index is 0.143. The molecule has 2 aliphatic heterocycles. The van der Waals surface area contributed by atoms with Gasteiger partial charge in [0.1, 0.15) is 18.3 Å². The number of amides is 3. The Kier molecular flexibility index (Phi) is 10.6. The molecule has 1 unspecified atom stereocenters. The molecule has 2 bridgehead atoms. The van der Waals surface area contributed by atoms with Crippen LogP contribution in [-0.4, -0.2) is 111 Å². The van der Waals surface area contributed by atoms with Crippen molar-refractivity contribution in [3.05, 3.63) is 53.1 Å². The van der Waals surface area contributed by atoms with Crippen LogP contribution in [-0.2, 0) is 32.8 Å². The molecule has 15 nitrogen and oxygen atoms in total. The highest BCUT2D eigenvalue weighted by Crippen LogP contribution is 2.64. The van der Waals surface area contributed by atoms with Crippen LogP contribution in [0, 0.1) is 11.3 Å². The second kappa shape index (κ2) is 15.0. The molecule has 6 rings (SSSR count). The number of hydrogen-bond donors (Lipinski definition) is 6.